The van der Waals surface area contributed by atoms with Crippen LogP contribution in [-0.2, 0) is 16.0 Å². The second kappa shape index (κ2) is 9.37. The van der Waals surface area contributed by atoms with Crippen molar-refractivity contribution in [3.63, 3.8) is 0 Å². The number of carbonyl (C=O) groups excluding carboxylic acids is 1. The Kier molecular flexibility index (Phi) is 6.88. The van der Waals surface area contributed by atoms with E-state index in [1.807, 2.05) is 16.8 Å². The van der Waals surface area contributed by atoms with Gasteiger partial charge in [-0.25, -0.2) is 4.98 Å². The molecule has 2 N–H and O–H groups in total. The highest BCUT2D eigenvalue weighted by Gasteiger charge is 2.32. The van der Waals surface area contributed by atoms with Gasteiger partial charge < -0.3 is 15.3 Å². The molecule has 2 fully saturated rings. The minimum Gasteiger partial charge on any atom is -0.480 e. The van der Waals surface area contributed by atoms with Crippen molar-refractivity contribution in [1.29, 1.82) is 0 Å². The number of carboxylic acid groups (broad SMARTS) is 1. The van der Waals surface area contributed by atoms with Crippen LogP contribution in [0.5, 0.6) is 0 Å². The molecule has 7 nitrogen and oxygen atoms in total. The maximum absolute atomic E-state index is 12.9. The first-order valence-corrected chi connectivity index (χ1v) is 10.4. The first kappa shape index (κ1) is 20.6. The fourth-order valence-electron chi connectivity index (χ4n) is 4.42. The molecule has 28 heavy (non-hydrogen) atoms. The molecule has 7 heteroatoms. The summed E-state index contributed by atoms with van der Waals surface area (Å²) in [6, 6.07) is 4.30. The Hall–Kier alpha value is -2.15. The summed E-state index contributed by atoms with van der Waals surface area (Å²) >= 11 is 0. The molecule has 0 aromatic carbocycles. The Balaban J connectivity index is 1.51. The van der Waals surface area contributed by atoms with Crippen LogP contribution in [0.3, 0.4) is 0 Å². The number of hydrogen-bond donors (Lipinski definition) is 2. The third kappa shape index (κ3) is 4.82. The average molecular weight is 389 g/mol. The van der Waals surface area contributed by atoms with Crippen molar-refractivity contribution < 1.29 is 14.7 Å². The highest BCUT2D eigenvalue weighted by atomic mass is 16.4. The van der Waals surface area contributed by atoms with Gasteiger partial charge in [-0.1, -0.05) is 13.0 Å². The number of carboxylic acids is 1. The highest BCUT2D eigenvalue weighted by Crippen LogP contribution is 2.30. The zero-order valence-corrected chi connectivity index (χ0v) is 17.0. The number of pyridine rings is 1. The summed E-state index contributed by atoms with van der Waals surface area (Å²) in [5.41, 5.74) is 2.35. The van der Waals surface area contributed by atoms with Crippen molar-refractivity contribution >= 4 is 17.7 Å². The number of rotatable bonds is 6. The van der Waals surface area contributed by atoms with Gasteiger partial charge in [-0.3, -0.25) is 14.5 Å². The Morgan fingerprint density at radius 3 is 2.39 bits per heavy atom. The number of nitrogens with one attached hydrogen (secondary N) is 1. The molecule has 3 heterocycles. The Morgan fingerprint density at radius 1 is 1.14 bits per heavy atom. The van der Waals surface area contributed by atoms with Gasteiger partial charge in [-0.2, -0.15) is 0 Å². The van der Waals surface area contributed by atoms with E-state index in [9.17, 15) is 9.59 Å². The zero-order valence-electron chi connectivity index (χ0n) is 17.0. The van der Waals surface area contributed by atoms with Crippen LogP contribution < -0.4 is 5.32 Å². The van der Waals surface area contributed by atoms with Crippen molar-refractivity contribution in [2.75, 3.05) is 45.1 Å². The SMILES string of the molecule is CCc1ccc(C2CCN(C(=O)C3CCN(CC(=O)O)CC3)CC2)nc1NC. The van der Waals surface area contributed by atoms with Crippen molar-refractivity contribution in [1.82, 2.24) is 14.8 Å². The molecular weight excluding hydrogens is 356 g/mol. The second-order valence-electron chi connectivity index (χ2n) is 7.89. The van der Waals surface area contributed by atoms with Crippen molar-refractivity contribution in [3.05, 3.63) is 23.4 Å². The summed E-state index contributed by atoms with van der Waals surface area (Å²) in [5.74, 6) is 0.859. The molecule has 0 atom stereocenters. The highest BCUT2D eigenvalue weighted by molar-refractivity contribution is 5.79. The first-order chi connectivity index (χ1) is 13.5. The summed E-state index contributed by atoms with van der Waals surface area (Å²) < 4.78 is 0. The average Bonchev–Trinajstić information content (AvgIpc) is 2.73. The molecule has 2 aliphatic rings. The minimum absolute atomic E-state index is 0.0412. The molecular formula is C21H32N4O3. The van der Waals surface area contributed by atoms with E-state index in [1.54, 1.807) is 0 Å². The van der Waals surface area contributed by atoms with E-state index < -0.39 is 5.97 Å². The lowest BCUT2D eigenvalue weighted by Crippen LogP contribution is -2.46. The number of likely N-dealkylation sites (tertiary alicyclic amines) is 2. The van der Waals surface area contributed by atoms with Gasteiger partial charge in [0.05, 0.1) is 6.54 Å². The van der Waals surface area contributed by atoms with Crippen molar-refractivity contribution in [3.8, 4) is 0 Å². The van der Waals surface area contributed by atoms with Crippen LogP contribution in [0.2, 0.25) is 0 Å². The molecule has 0 unspecified atom stereocenters. The summed E-state index contributed by atoms with van der Waals surface area (Å²) in [6.07, 6.45) is 4.38. The zero-order chi connectivity index (χ0) is 20.1. The lowest BCUT2D eigenvalue weighted by Gasteiger charge is -2.37. The summed E-state index contributed by atoms with van der Waals surface area (Å²) in [6.45, 7) is 5.16. The lowest BCUT2D eigenvalue weighted by molar-refractivity contribution is -0.140. The molecule has 2 aliphatic heterocycles. The summed E-state index contributed by atoms with van der Waals surface area (Å²) in [4.78, 5) is 32.4. The Labute approximate surface area is 167 Å². The van der Waals surface area contributed by atoms with E-state index in [0.29, 0.717) is 19.0 Å². The van der Waals surface area contributed by atoms with Crippen LogP contribution >= 0.6 is 0 Å². The molecule has 3 rings (SSSR count). The van der Waals surface area contributed by atoms with E-state index in [-0.39, 0.29) is 18.4 Å². The largest absolute Gasteiger partial charge is 0.480 e. The number of hydrogen-bond acceptors (Lipinski definition) is 5. The van der Waals surface area contributed by atoms with Gasteiger partial charge in [-0.05, 0) is 56.8 Å². The predicted molar refractivity (Wildman–Crippen MR) is 109 cm³/mol. The third-order valence-electron chi connectivity index (χ3n) is 6.14. The van der Waals surface area contributed by atoms with Gasteiger partial charge in [-0.15, -0.1) is 0 Å². The fraction of sp³-hybridized carbons (Fsp3) is 0.667. The van der Waals surface area contributed by atoms with Gasteiger partial charge in [0.2, 0.25) is 5.91 Å². The number of aliphatic carboxylic acids is 1. The molecule has 1 aromatic heterocycles. The predicted octanol–water partition coefficient (Wildman–Crippen LogP) is 2.19. The molecule has 1 amide bonds. The van der Waals surface area contributed by atoms with Gasteiger partial charge >= 0.3 is 5.97 Å². The number of aryl methyl sites for hydroxylation is 1. The normalized spacial score (nSPS) is 19.6. The molecule has 0 radical (unpaired) electrons. The Morgan fingerprint density at radius 2 is 1.82 bits per heavy atom. The number of piperidine rings is 2. The number of anilines is 1. The number of carbonyl (C=O) groups is 2. The second-order valence-corrected chi connectivity index (χ2v) is 7.89. The van der Waals surface area contributed by atoms with Crippen LogP contribution in [0.25, 0.3) is 0 Å². The molecule has 0 spiro atoms. The topological polar surface area (TPSA) is 85.8 Å². The van der Waals surface area contributed by atoms with Crippen LogP contribution in [0.1, 0.15) is 49.8 Å². The van der Waals surface area contributed by atoms with Crippen LogP contribution in [0.4, 0.5) is 5.82 Å². The van der Waals surface area contributed by atoms with Crippen molar-refractivity contribution in [2.45, 2.75) is 44.9 Å². The van der Waals surface area contributed by atoms with E-state index in [2.05, 4.69) is 24.4 Å². The molecule has 2 saturated heterocycles. The Bertz CT molecular complexity index is 693. The number of nitrogens with zero attached hydrogens (tertiary/aromatic N) is 3. The van der Waals surface area contributed by atoms with Crippen LogP contribution in [0, 0.1) is 5.92 Å². The lowest BCUT2D eigenvalue weighted by atomic mass is 9.90. The van der Waals surface area contributed by atoms with Crippen LogP contribution in [0.15, 0.2) is 12.1 Å². The fourth-order valence-corrected chi connectivity index (χ4v) is 4.42. The number of amides is 1. The third-order valence-corrected chi connectivity index (χ3v) is 6.14. The van der Waals surface area contributed by atoms with Gasteiger partial charge in [0.15, 0.2) is 0 Å². The number of aromatic nitrogens is 1. The van der Waals surface area contributed by atoms with E-state index in [4.69, 9.17) is 10.1 Å². The molecule has 154 valence electrons. The molecule has 0 bridgehead atoms. The van der Waals surface area contributed by atoms with Gasteiger partial charge in [0, 0.05) is 37.7 Å². The summed E-state index contributed by atoms with van der Waals surface area (Å²) in [7, 11) is 1.91. The van der Waals surface area contributed by atoms with E-state index in [0.717, 1.165) is 56.7 Å². The molecule has 1 aromatic rings. The van der Waals surface area contributed by atoms with E-state index >= 15 is 0 Å². The minimum atomic E-state index is -0.797. The molecule has 0 aliphatic carbocycles. The standard InChI is InChI=1S/C21H32N4O3/c1-3-15-4-5-18(23-20(15)22-2)16-8-12-25(13-9-16)21(28)17-6-10-24(11-7-17)14-19(26)27/h4-5,16-17H,3,6-14H2,1-2H3,(H,22,23)(H,26,27). The van der Waals surface area contributed by atoms with E-state index in [1.165, 1.54) is 5.56 Å². The maximum atomic E-state index is 12.9. The van der Waals surface area contributed by atoms with Crippen LogP contribution in [-0.4, -0.2) is 71.5 Å². The maximum Gasteiger partial charge on any atom is 0.317 e. The summed E-state index contributed by atoms with van der Waals surface area (Å²) in [5, 5.41) is 12.1. The first-order valence-electron chi connectivity index (χ1n) is 10.4. The van der Waals surface area contributed by atoms with Gasteiger partial charge in [0.1, 0.15) is 5.82 Å². The van der Waals surface area contributed by atoms with Gasteiger partial charge in [0.25, 0.3) is 0 Å². The molecule has 0 saturated carbocycles. The monoisotopic (exact) mass is 388 g/mol. The van der Waals surface area contributed by atoms with Crippen molar-refractivity contribution in [2.24, 2.45) is 5.92 Å². The smallest absolute Gasteiger partial charge is 0.317 e. The quantitative estimate of drug-likeness (QED) is 0.777.